The zero-order valence-electron chi connectivity index (χ0n) is 17.8. The minimum Gasteiger partial charge on any atom is -0.465 e. The first kappa shape index (κ1) is 22.5. The molecule has 0 spiro atoms. The molecule has 0 unspecified atom stereocenters. The number of hydrogen-bond acceptors (Lipinski definition) is 6. The molecule has 33 heavy (non-hydrogen) atoms. The van der Waals surface area contributed by atoms with Crippen LogP contribution in [0.2, 0.25) is 0 Å². The molecule has 4 rings (SSSR count). The predicted molar refractivity (Wildman–Crippen MR) is 130 cm³/mol. The number of rotatable bonds is 6. The van der Waals surface area contributed by atoms with Crippen LogP contribution in [-0.2, 0) is 14.8 Å². The van der Waals surface area contributed by atoms with Crippen molar-refractivity contribution in [3.63, 3.8) is 0 Å². The van der Waals surface area contributed by atoms with E-state index in [9.17, 15) is 18.0 Å². The summed E-state index contributed by atoms with van der Waals surface area (Å²) in [7, 11) is -2.53. The van der Waals surface area contributed by atoms with Gasteiger partial charge >= 0.3 is 5.97 Å². The Hall–Kier alpha value is -3.69. The van der Waals surface area contributed by atoms with Crippen molar-refractivity contribution in [3.05, 3.63) is 88.8 Å². The van der Waals surface area contributed by atoms with Crippen LogP contribution in [0.1, 0.15) is 25.6 Å². The zero-order chi connectivity index (χ0) is 23.6. The van der Waals surface area contributed by atoms with Crippen molar-refractivity contribution in [1.29, 1.82) is 0 Å². The number of hydrogen-bond donors (Lipinski definition) is 2. The largest absolute Gasteiger partial charge is 0.465 e. The Labute approximate surface area is 195 Å². The van der Waals surface area contributed by atoms with Gasteiger partial charge in [-0.05, 0) is 43.3 Å². The number of benzene rings is 3. The van der Waals surface area contributed by atoms with E-state index in [0.717, 1.165) is 10.3 Å². The Morgan fingerprint density at radius 2 is 1.67 bits per heavy atom. The summed E-state index contributed by atoms with van der Waals surface area (Å²) in [5.41, 5.74) is 1.77. The van der Waals surface area contributed by atoms with Crippen LogP contribution in [0.15, 0.2) is 77.7 Å². The van der Waals surface area contributed by atoms with Gasteiger partial charge in [-0.1, -0.05) is 42.0 Å². The summed E-state index contributed by atoms with van der Waals surface area (Å²) < 4.78 is 33.6. The van der Waals surface area contributed by atoms with Crippen LogP contribution in [0.4, 0.5) is 11.4 Å². The molecule has 0 aliphatic rings. The van der Waals surface area contributed by atoms with Gasteiger partial charge in [-0.2, -0.15) is 0 Å². The quantitative estimate of drug-likeness (QED) is 0.376. The van der Waals surface area contributed by atoms with E-state index in [-0.39, 0.29) is 21.0 Å². The van der Waals surface area contributed by atoms with Crippen molar-refractivity contribution in [1.82, 2.24) is 0 Å². The van der Waals surface area contributed by atoms with E-state index in [4.69, 9.17) is 4.74 Å². The molecule has 7 nitrogen and oxygen atoms in total. The number of sulfonamides is 1. The van der Waals surface area contributed by atoms with Crippen LogP contribution < -0.4 is 10.0 Å². The second-order valence-corrected chi connectivity index (χ2v) is 9.98. The summed E-state index contributed by atoms with van der Waals surface area (Å²) in [6.07, 6.45) is 0. The van der Waals surface area contributed by atoms with Gasteiger partial charge in [0.25, 0.3) is 15.9 Å². The number of carbonyl (C=O) groups excluding carboxylic acids is 2. The normalized spacial score (nSPS) is 11.2. The molecule has 168 valence electrons. The fourth-order valence-electron chi connectivity index (χ4n) is 3.25. The van der Waals surface area contributed by atoms with E-state index in [0.29, 0.717) is 11.1 Å². The molecule has 0 aliphatic carbocycles. The molecular weight excluding hydrogens is 460 g/mol. The summed E-state index contributed by atoms with van der Waals surface area (Å²) in [5, 5.41) is 3.50. The number of nitrogens with one attached hydrogen (secondary N) is 2. The molecule has 0 fully saturated rings. The number of ether oxygens (including phenoxy) is 1. The van der Waals surface area contributed by atoms with E-state index >= 15 is 0 Å². The van der Waals surface area contributed by atoms with E-state index in [1.807, 2.05) is 25.1 Å². The Kier molecular flexibility index (Phi) is 6.17. The minimum atomic E-state index is -3.81. The first-order chi connectivity index (χ1) is 15.8. The molecule has 1 amide bonds. The summed E-state index contributed by atoms with van der Waals surface area (Å²) in [4.78, 5) is 25.7. The Balaban J connectivity index is 1.62. The lowest BCUT2D eigenvalue weighted by atomic mass is 10.1. The SMILES string of the molecule is COC(=O)c1sc2ccccc2c1NC(=O)c1cccc(NS(=O)(=O)c2ccc(C)cc2)c1. The Morgan fingerprint density at radius 3 is 2.39 bits per heavy atom. The van der Waals surface area contributed by atoms with E-state index in [1.54, 1.807) is 36.4 Å². The highest BCUT2D eigenvalue weighted by molar-refractivity contribution is 7.92. The molecule has 9 heteroatoms. The maximum Gasteiger partial charge on any atom is 0.350 e. The molecule has 0 saturated carbocycles. The summed E-state index contributed by atoms with van der Waals surface area (Å²) in [6.45, 7) is 1.87. The summed E-state index contributed by atoms with van der Waals surface area (Å²) >= 11 is 1.22. The Bertz CT molecular complexity index is 1460. The molecular formula is C24H20N2O5S2. The third-order valence-corrected chi connectivity index (χ3v) is 7.46. The summed E-state index contributed by atoms with van der Waals surface area (Å²) in [6, 6.07) is 19.9. The maximum atomic E-state index is 13.0. The zero-order valence-corrected chi connectivity index (χ0v) is 19.4. The molecule has 0 bridgehead atoms. The van der Waals surface area contributed by atoms with Crippen LogP contribution in [0.5, 0.6) is 0 Å². The van der Waals surface area contributed by atoms with Gasteiger partial charge < -0.3 is 10.1 Å². The lowest BCUT2D eigenvalue weighted by molar-refractivity contribution is 0.0607. The lowest BCUT2D eigenvalue weighted by Gasteiger charge is -2.11. The monoisotopic (exact) mass is 480 g/mol. The van der Waals surface area contributed by atoms with Crippen LogP contribution >= 0.6 is 11.3 Å². The van der Waals surface area contributed by atoms with Gasteiger partial charge in [0, 0.05) is 21.3 Å². The molecule has 1 aromatic heterocycles. The van der Waals surface area contributed by atoms with Gasteiger partial charge in [0.05, 0.1) is 17.7 Å². The van der Waals surface area contributed by atoms with Crippen LogP contribution in [0, 0.1) is 6.92 Å². The standard InChI is InChI=1S/C24H20N2O5S2/c1-15-10-12-18(13-11-15)33(29,30)26-17-7-5-6-16(14-17)23(27)25-21-19-8-3-4-9-20(19)32-22(21)24(28)31-2/h3-14,26H,1-2H3,(H,25,27). The molecule has 2 N–H and O–H groups in total. The van der Waals surface area contributed by atoms with E-state index in [1.165, 1.54) is 36.6 Å². The highest BCUT2D eigenvalue weighted by Gasteiger charge is 2.21. The fraction of sp³-hybridized carbons (Fsp3) is 0.0833. The molecule has 3 aromatic carbocycles. The first-order valence-corrected chi connectivity index (χ1v) is 12.2. The molecule has 4 aromatic rings. The highest BCUT2D eigenvalue weighted by Crippen LogP contribution is 2.36. The topological polar surface area (TPSA) is 102 Å². The van der Waals surface area contributed by atoms with Crippen LogP contribution in [-0.4, -0.2) is 27.4 Å². The third kappa shape index (κ3) is 4.74. The van der Waals surface area contributed by atoms with Gasteiger partial charge in [-0.15, -0.1) is 11.3 Å². The van der Waals surface area contributed by atoms with Crippen LogP contribution in [0.25, 0.3) is 10.1 Å². The van der Waals surface area contributed by atoms with Crippen molar-refractivity contribution >= 4 is 54.7 Å². The highest BCUT2D eigenvalue weighted by atomic mass is 32.2. The number of aryl methyl sites for hydroxylation is 1. The lowest BCUT2D eigenvalue weighted by Crippen LogP contribution is -2.16. The minimum absolute atomic E-state index is 0.121. The van der Waals surface area contributed by atoms with Gasteiger partial charge in [0.15, 0.2) is 0 Å². The van der Waals surface area contributed by atoms with Gasteiger partial charge in [0.1, 0.15) is 4.88 Å². The smallest absolute Gasteiger partial charge is 0.350 e. The van der Waals surface area contributed by atoms with Crippen molar-refractivity contribution in [2.75, 3.05) is 17.1 Å². The first-order valence-electron chi connectivity index (χ1n) is 9.89. The number of fused-ring (bicyclic) bond motifs is 1. The fourth-order valence-corrected chi connectivity index (χ4v) is 5.37. The number of carbonyl (C=O) groups is 2. The number of anilines is 2. The van der Waals surface area contributed by atoms with Crippen molar-refractivity contribution < 1.29 is 22.7 Å². The van der Waals surface area contributed by atoms with E-state index in [2.05, 4.69) is 10.0 Å². The summed E-state index contributed by atoms with van der Waals surface area (Å²) in [5.74, 6) is -1.04. The number of methoxy groups -OCH3 is 1. The van der Waals surface area contributed by atoms with Gasteiger partial charge in [-0.3, -0.25) is 9.52 Å². The molecule has 0 radical (unpaired) electrons. The van der Waals surface area contributed by atoms with Crippen LogP contribution in [0.3, 0.4) is 0 Å². The maximum absolute atomic E-state index is 13.0. The molecule has 0 aliphatic heterocycles. The second-order valence-electron chi connectivity index (χ2n) is 7.25. The van der Waals surface area contributed by atoms with Gasteiger partial charge in [0.2, 0.25) is 0 Å². The van der Waals surface area contributed by atoms with Gasteiger partial charge in [-0.25, -0.2) is 13.2 Å². The number of esters is 1. The second kappa shape index (κ2) is 9.05. The average molecular weight is 481 g/mol. The molecule has 1 heterocycles. The van der Waals surface area contributed by atoms with Crippen molar-refractivity contribution in [3.8, 4) is 0 Å². The molecule has 0 atom stereocenters. The Morgan fingerprint density at radius 1 is 0.939 bits per heavy atom. The van der Waals surface area contributed by atoms with Crippen molar-refractivity contribution in [2.45, 2.75) is 11.8 Å². The number of thiophene rings is 1. The predicted octanol–water partition coefficient (Wildman–Crippen LogP) is 5.05. The molecule has 0 saturated heterocycles. The number of amides is 1. The van der Waals surface area contributed by atoms with E-state index < -0.39 is 21.9 Å². The average Bonchev–Trinajstić information content (AvgIpc) is 3.17. The third-order valence-electron chi connectivity index (χ3n) is 4.91. The van der Waals surface area contributed by atoms with Crippen molar-refractivity contribution in [2.24, 2.45) is 0 Å².